The third-order valence-corrected chi connectivity index (χ3v) is 4.86. The first-order valence-corrected chi connectivity index (χ1v) is 7.86. The van der Waals surface area contributed by atoms with E-state index in [4.69, 9.17) is 4.42 Å². The van der Waals surface area contributed by atoms with Crippen molar-refractivity contribution in [2.45, 2.75) is 26.4 Å². The average Bonchev–Trinajstić information content (AvgIpc) is 3.10. The number of hydrogen-bond donors (Lipinski definition) is 1. The number of likely N-dealkylation sites (tertiary alicyclic amines) is 1. The van der Waals surface area contributed by atoms with Crippen LogP contribution in [0.4, 0.5) is 0 Å². The first-order valence-electron chi connectivity index (χ1n) is 7.05. The van der Waals surface area contributed by atoms with Gasteiger partial charge in [0.15, 0.2) is 10.8 Å². The number of furan rings is 1. The monoisotopic (exact) mass is 306 g/mol. The maximum Gasteiger partial charge on any atom is 0.273 e. The molecule has 2 unspecified atom stereocenters. The molecule has 0 aliphatic carbocycles. The Bertz CT molecular complexity index is 635. The molecule has 112 valence electrons. The summed E-state index contributed by atoms with van der Waals surface area (Å²) in [7, 11) is 0. The quantitative estimate of drug-likeness (QED) is 0.926. The number of hydrogen-bond acceptors (Lipinski definition) is 5. The minimum absolute atomic E-state index is 0.0553. The van der Waals surface area contributed by atoms with Crippen molar-refractivity contribution in [1.29, 1.82) is 0 Å². The Hall–Kier alpha value is -1.66. The van der Waals surface area contributed by atoms with Gasteiger partial charge >= 0.3 is 0 Å². The molecule has 2 atom stereocenters. The molecular weight excluding hydrogens is 288 g/mol. The molecule has 1 aliphatic heterocycles. The van der Waals surface area contributed by atoms with Crippen molar-refractivity contribution < 1.29 is 14.3 Å². The summed E-state index contributed by atoms with van der Waals surface area (Å²) in [6.45, 7) is 5.02. The lowest BCUT2D eigenvalue weighted by atomic mass is 9.96. The van der Waals surface area contributed by atoms with E-state index in [1.165, 1.54) is 11.3 Å². The van der Waals surface area contributed by atoms with Gasteiger partial charge in [-0.2, -0.15) is 0 Å². The molecule has 0 bridgehead atoms. The third kappa shape index (κ3) is 2.73. The predicted molar refractivity (Wildman–Crippen MR) is 80.2 cm³/mol. The average molecular weight is 306 g/mol. The number of thiazole rings is 1. The number of carbonyl (C=O) groups is 1. The zero-order valence-corrected chi connectivity index (χ0v) is 12.9. The van der Waals surface area contributed by atoms with Gasteiger partial charge in [0.25, 0.3) is 5.91 Å². The smallest absolute Gasteiger partial charge is 0.273 e. The molecule has 0 radical (unpaired) electrons. The highest BCUT2D eigenvalue weighted by Crippen LogP contribution is 2.29. The second-order valence-corrected chi connectivity index (χ2v) is 6.69. The van der Waals surface area contributed by atoms with Crippen LogP contribution < -0.4 is 0 Å². The number of nitrogens with zero attached hydrogens (tertiary/aromatic N) is 2. The number of amides is 1. The second-order valence-electron chi connectivity index (χ2n) is 5.49. The summed E-state index contributed by atoms with van der Waals surface area (Å²) in [4.78, 5) is 19.7. The molecule has 0 spiro atoms. The number of carbonyl (C=O) groups excluding carboxylic acids is 1. The molecule has 21 heavy (non-hydrogen) atoms. The highest BCUT2D eigenvalue weighted by atomic mass is 32.1. The van der Waals surface area contributed by atoms with E-state index in [1.54, 1.807) is 17.2 Å². The van der Waals surface area contributed by atoms with E-state index in [9.17, 15) is 9.90 Å². The molecule has 3 rings (SSSR count). The van der Waals surface area contributed by atoms with Crippen LogP contribution in [0.2, 0.25) is 0 Å². The van der Waals surface area contributed by atoms with E-state index in [-0.39, 0.29) is 17.9 Å². The highest BCUT2D eigenvalue weighted by molar-refractivity contribution is 7.15. The first-order chi connectivity index (χ1) is 10.1. The number of aromatic nitrogens is 1. The summed E-state index contributed by atoms with van der Waals surface area (Å²) in [6, 6.07) is 3.65. The van der Waals surface area contributed by atoms with E-state index in [0.29, 0.717) is 31.0 Å². The van der Waals surface area contributed by atoms with Crippen LogP contribution in [0.15, 0.2) is 22.8 Å². The van der Waals surface area contributed by atoms with E-state index in [1.807, 2.05) is 19.9 Å². The SMILES string of the molecule is Cc1sc(-c2ccco2)nc1C(=O)N1CCC(O)C(C)C1. The van der Waals surface area contributed by atoms with Crippen LogP contribution in [0.5, 0.6) is 0 Å². The Kier molecular flexibility index (Phi) is 3.82. The van der Waals surface area contributed by atoms with Gasteiger partial charge in [-0.1, -0.05) is 6.92 Å². The number of aliphatic hydroxyl groups is 1. The molecule has 2 aromatic rings. The summed E-state index contributed by atoms with van der Waals surface area (Å²) in [6.07, 6.45) is 1.91. The minimum Gasteiger partial charge on any atom is -0.462 e. The van der Waals surface area contributed by atoms with E-state index in [2.05, 4.69) is 4.98 Å². The van der Waals surface area contributed by atoms with Gasteiger partial charge in [-0.3, -0.25) is 4.79 Å². The number of aryl methyl sites for hydroxylation is 1. The number of rotatable bonds is 2. The van der Waals surface area contributed by atoms with Gasteiger partial charge in [0.2, 0.25) is 0 Å². The normalized spacial score (nSPS) is 22.5. The Morgan fingerprint density at radius 3 is 3.05 bits per heavy atom. The molecule has 1 aliphatic rings. The van der Waals surface area contributed by atoms with Gasteiger partial charge < -0.3 is 14.4 Å². The summed E-state index contributed by atoms with van der Waals surface area (Å²) < 4.78 is 5.33. The Morgan fingerprint density at radius 1 is 1.57 bits per heavy atom. The van der Waals surface area contributed by atoms with E-state index < -0.39 is 0 Å². The van der Waals surface area contributed by atoms with Crippen molar-refractivity contribution in [3.05, 3.63) is 29.0 Å². The molecule has 1 saturated heterocycles. The van der Waals surface area contributed by atoms with Crippen LogP contribution in [0.3, 0.4) is 0 Å². The molecule has 1 fully saturated rings. The standard InChI is InChI=1S/C15H18N2O3S/c1-9-8-17(6-5-11(9)18)15(19)13-10(2)21-14(16-13)12-4-3-7-20-12/h3-4,7,9,11,18H,5-6,8H2,1-2H3. The molecule has 3 heterocycles. The van der Waals surface area contributed by atoms with Gasteiger partial charge in [-0.15, -0.1) is 11.3 Å². The largest absolute Gasteiger partial charge is 0.462 e. The summed E-state index contributed by atoms with van der Waals surface area (Å²) in [5.74, 6) is 0.732. The highest BCUT2D eigenvalue weighted by Gasteiger charge is 2.30. The maximum atomic E-state index is 12.6. The predicted octanol–water partition coefficient (Wildman–Crippen LogP) is 2.55. The van der Waals surface area contributed by atoms with Crippen LogP contribution >= 0.6 is 11.3 Å². The maximum absolute atomic E-state index is 12.6. The van der Waals surface area contributed by atoms with Crippen molar-refractivity contribution in [2.24, 2.45) is 5.92 Å². The summed E-state index contributed by atoms with van der Waals surface area (Å²) in [5.41, 5.74) is 0.495. The molecule has 1 amide bonds. The van der Waals surface area contributed by atoms with Gasteiger partial charge in [0.05, 0.1) is 12.4 Å². The molecule has 2 aromatic heterocycles. The van der Waals surface area contributed by atoms with E-state index in [0.717, 1.165) is 9.88 Å². The van der Waals surface area contributed by atoms with Crippen LogP contribution in [-0.4, -0.2) is 40.1 Å². The molecule has 1 N–H and O–H groups in total. The Labute approximate surface area is 127 Å². The molecule has 5 nitrogen and oxygen atoms in total. The van der Waals surface area contributed by atoms with Crippen LogP contribution in [-0.2, 0) is 0 Å². The lowest BCUT2D eigenvalue weighted by Crippen LogP contribution is -2.45. The van der Waals surface area contributed by atoms with Gasteiger partial charge in [0.1, 0.15) is 5.69 Å². The molecular formula is C15H18N2O3S. The number of aliphatic hydroxyl groups excluding tert-OH is 1. The fourth-order valence-corrected chi connectivity index (χ4v) is 3.44. The fourth-order valence-electron chi connectivity index (χ4n) is 2.57. The molecule has 0 aromatic carbocycles. The van der Waals surface area contributed by atoms with Gasteiger partial charge in [-0.25, -0.2) is 4.98 Å². The topological polar surface area (TPSA) is 66.6 Å². The number of piperidine rings is 1. The summed E-state index contributed by atoms with van der Waals surface area (Å²) in [5, 5.41) is 10.5. The van der Waals surface area contributed by atoms with Crippen LogP contribution in [0.25, 0.3) is 10.8 Å². The zero-order chi connectivity index (χ0) is 15.0. The lowest BCUT2D eigenvalue weighted by molar-refractivity contribution is 0.0294. The first kappa shape index (κ1) is 14.3. The van der Waals surface area contributed by atoms with Crippen molar-refractivity contribution in [2.75, 3.05) is 13.1 Å². The zero-order valence-electron chi connectivity index (χ0n) is 12.1. The van der Waals surface area contributed by atoms with Gasteiger partial charge in [0, 0.05) is 18.0 Å². The second kappa shape index (κ2) is 5.61. The van der Waals surface area contributed by atoms with Crippen molar-refractivity contribution in [3.63, 3.8) is 0 Å². The van der Waals surface area contributed by atoms with E-state index >= 15 is 0 Å². The molecule has 0 saturated carbocycles. The minimum atomic E-state index is -0.315. The third-order valence-electron chi connectivity index (χ3n) is 3.88. The Balaban J connectivity index is 1.82. The fraction of sp³-hybridized carbons (Fsp3) is 0.467. The van der Waals surface area contributed by atoms with Crippen LogP contribution in [0, 0.1) is 12.8 Å². The van der Waals surface area contributed by atoms with Crippen molar-refractivity contribution >= 4 is 17.2 Å². The lowest BCUT2D eigenvalue weighted by Gasteiger charge is -2.34. The Morgan fingerprint density at radius 2 is 2.38 bits per heavy atom. The summed E-state index contributed by atoms with van der Waals surface area (Å²) >= 11 is 1.46. The molecule has 6 heteroatoms. The van der Waals surface area contributed by atoms with Crippen LogP contribution in [0.1, 0.15) is 28.7 Å². The van der Waals surface area contributed by atoms with Crippen molar-refractivity contribution in [3.8, 4) is 10.8 Å². The van der Waals surface area contributed by atoms with Gasteiger partial charge in [-0.05, 0) is 31.4 Å². The van der Waals surface area contributed by atoms with Crippen molar-refractivity contribution in [1.82, 2.24) is 9.88 Å².